The van der Waals surface area contributed by atoms with E-state index in [9.17, 15) is 8.42 Å². The first kappa shape index (κ1) is 13.4. The summed E-state index contributed by atoms with van der Waals surface area (Å²) in [6.07, 6.45) is 1.45. The smallest absolute Gasteiger partial charge is 0.265 e. The monoisotopic (exact) mass is 277 g/mol. The third kappa shape index (κ3) is 2.68. The molecule has 0 saturated heterocycles. The second kappa shape index (κ2) is 4.89. The van der Waals surface area contributed by atoms with E-state index in [1.54, 1.807) is 0 Å². The van der Waals surface area contributed by atoms with Crippen LogP contribution in [0.25, 0.3) is 0 Å². The van der Waals surface area contributed by atoms with Crippen molar-refractivity contribution in [1.29, 1.82) is 0 Å². The van der Waals surface area contributed by atoms with E-state index in [-0.39, 0.29) is 10.7 Å². The van der Waals surface area contributed by atoms with Crippen molar-refractivity contribution in [3.63, 3.8) is 0 Å². The van der Waals surface area contributed by atoms with Crippen LogP contribution in [0.1, 0.15) is 11.1 Å². The second-order valence-corrected chi connectivity index (χ2v) is 5.91. The third-order valence-electron chi connectivity index (χ3n) is 2.81. The molecule has 0 fully saturated rings. The summed E-state index contributed by atoms with van der Waals surface area (Å²) in [6.45, 7) is 3.69. The lowest BCUT2D eigenvalue weighted by atomic mass is 10.1. The van der Waals surface area contributed by atoms with Gasteiger partial charge in [-0.15, -0.1) is 0 Å². The molecule has 0 atom stereocenters. The van der Waals surface area contributed by atoms with Gasteiger partial charge < -0.3 is 5.73 Å². The molecule has 0 aliphatic rings. The van der Waals surface area contributed by atoms with E-state index in [2.05, 4.69) is 9.71 Å². The maximum Gasteiger partial charge on any atom is 0.265 e. The molecule has 0 spiro atoms. The van der Waals surface area contributed by atoms with Crippen LogP contribution in [0.3, 0.4) is 0 Å². The highest BCUT2D eigenvalue weighted by Gasteiger charge is 2.19. The first-order valence-electron chi connectivity index (χ1n) is 5.71. The minimum Gasteiger partial charge on any atom is -0.383 e. The van der Waals surface area contributed by atoms with Gasteiger partial charge in [0.15, 0.2) is 0 Å². The Balaban J connectivity index is 2.46. The van der Waals surface area contributed by atoms with Gasteiger partial charge in [0.1, 0.15) is 10.7 Å². The highest BCUT2D eigenvalue weighted by Crippen LogP contribution is 2.24. The van der Waals surface area contributed by atoms with Crippen molar-refractivity contribution in [2.75, 3.05) is 10.5 Å². The Hall–Kier alpha value is -2.08. The maximum absolute atomic E-state index is 12.3. The summed E-state index contributed by atoms with van der Waals surface area (Å²) in [4.78, 5) is 3.77. The van der Waals surface area contributed by atoms with Gasteiger partial charge in [-0.3, -0.25) is 4.72 Å². The number of hydrogen-bond acceptors (Lipinski definition) is 4. The number of hydrogen-bond donors (Lipinski definition) is 2. The molecule has 19 heavy (non-hydrogen) atoms. The molecule has 0 saturated carbocycles. The molecule has 0 bridgehead atoms. The molecule has 0 aliphatic carbocycles. The zero-order chi connectivity index (χ0) is 14.0. The Morgan fingerprint density at radius 3 is 2.32 bits per heavy atom. The lowest BCUT2D eigenvalue weighted by Crippen LogP contribution is -2.16. The highest BCUT2D eigenvalue weighted by molar-refractivity contribution is 7.92. The number of sulfonamides is 1. The molecule has 2 rings (SSSR count). The normalized spacial score (nSPS) is 11.3. The number of nitrogen functional groups attached to an aromatic ring is 1. The quantitative estimate of drug-likeness (QED) is 0.899. The molecular formula is C13H15N3O2S. The average molecular weight is 277 g/mol. The molecule has 6 heteroatoms. The number of anilines is 2. The molecular weight excluding hydrogens is 262 g/mol. The van der Waals surface area contributed by atoms with Gasteiger partial charge in [0, 0.05) is 6.20 Å². The van der Waals surface area contributed by atoms with Crippen LogP contribution in [0.2, 0.25) is 0 Å². The molecule has 100 valence electrons. The largest absolute Gasteiger partial charge is 0.383 e. The van der Waals surface area contributed by atoms with Crippen LogP contribution in [-0.4, -0.2) is 13.4 Å². The maximum atomic E-state index is 12.3. The minimum atomic E-state index is -3.73. The predicted molar refractivity (Wildman–Crippen MR) is 75.4 cm³/mol. The van der Waals surface area contributed by atoms with Crippen molar-refractivity contribution in [3.8, 4) is 0 Å². The molecule has 0 radical (unpaired) electrons. The van der Waals surface area contributed by atoms with Crippen molar-refractivity contribution < 1.29 is 8.42 Å². The van der Waals surface area contributed by atoms with Gasteiger partial charge in [0.05, 0.1) is 5.69 Å². The summed E-state index contributed by atoms with van der Waals surface area (Å²) in [5.74, 6) is -0.0127. The zero-order valence-corrected chi connectivity index (χ0v) is 11.5. The number of nitrogens with one attached hydrogen (secondary N) is 1. The number of aromatic nitrogens is 1. The molecule has 1 heterocycles. The van der Waals surface area contributed by atoms with Crippen LogP contribution in [0.4, 0.5) is 11.5 Å². The van der Waals surface area contributed by atoms with Crippen LogP contribution in [0, 0.1) is 13.8 Å². The molecule has 0 amide bonds. The number of nitrogens with zero attached hydrogens (tertiary/aromatic N) is 1. The summed E-state index contributed by atoms with van der Waals surface area (Å²) in [5.41, 5.74) is 7.89. The van der Waals surface area contributed by atoms with Crippen molar-refractivity contribution in [2.45, 2.75) is 18.7 Å². The first-order chi connectivity index (χ1) is 8.92. The van der Waals surface area contributed by atoms with Crippen LogP contribution < -0.4 is 10.5 Å². The number of para-hydroxylation sites is 1. The van der Waals surface area contributed by atoms with Crippen molar-refractivity contribution in [2.24, 2.45) is 0 Å². The fourth-order valence-electron chi connectivity index (χ4n) is 1.79. The molecule has 5 nitrogen and oxygen atoms in total. The SMILES string of the molecule is Cc1cccc(C)c1NS(=O)(=O)c1cccnc1N. The fraction of sp³-hybridized carbons (Fsp3) is 0.154. The van der Waals surface area contributed by atoms with E-state index in [1.165, 1.54) is 18.3 Å². The molecule has 0 unspecified atom stereocenters. The predicted octanol–water partition coefficient (Wildman–Crippen LogP) is 2.08. The molecule has 3 N–H and O–H groups in total. The fourth-order valence-corrected chi connectivity index (χ4v) is 3.08. The average Bonchev–Trinajstić information content (AvgIpc) is 2.34. The van der Waals surface area contributed by atoms with E-state index < -0.39 is 10.0 Å². The summed E-state index contributed by atoms with van der Waals surface area (Å²) in [5, 5.41) is 0. The Labute approximate surface area is 112 Å². The van der Waals surface area contributed by atoms with Gasteiger partial charge in [0.2, 0.25) is 0 Å². The van der Waals surface area contributed by atoms with Gasteiger partial charge >= 0.3 is 0 Å². The van der Waals surface area contributed by atoms with Crippen molar-refractivity contribution in [1.82, 2.24) is 4.98 Å². The lowest BCUT2D eigenvalue weighted by molar-refractivity contribution is 0.601. The van der Waals surface area contributed by atoms with E-state index in [4.69, 9.17) is 5.73 Å². The molecule has 1 aromatic heterocycles. The van der Waals surface area contributed by atoms with Gasteiger partial charge in [-0.1, -0.05) is 18.2 Å². The summed E-state index contributed by atoms with van der Waals surface area (Å²) in [7, 11) is -3.73. The van der Waals surface area contributed by atoms with Gasteiger partial charge in [-0.25, -0.2) is 13.4 Å². The summed E-state index contributed by atoms with van der Waals surface area (Å²) >= 11 is 0. The van der Waals surface area contributed by atoms with Crippen molar-refractivity contribution >= 4 is 21.5 Å². The second-order valence-electron chi connectivity index (χ2n) is 4.26. The third-order valence-corrected chi connectivity index (χ3v) is 4.20. The van der Waals surface area contributed by atoms with E-state index in [0.717, 1.165) is 11.1 Å². The lowest BCUT2D eigenvalue weighted by Gasteiger charge is -2.13. The van der Waals surface area contributed by atoms with Gasteiger partial charge in [-0.2, -0.15) is 0 Å². The van der Waals surface area contributed by atoms with Crippen LogP contribution in [-0.2, 0) is 10.0 Å². The van der Waals surface area contributed by atoms with E-state index in [0.29, 0.717) is 5.69 Å². The number of pyridine rings is 1. The number of benzene rings is 1. The summed E-state index contributed by atoms with van der Waals surface area (Å²) in [6, 6.07) is 8.53. The van der Waals surface area contributed by atoms with Gasteiger partial charge in [0.25, 0.3) is 10.0 Å². The van der Waals surface area contributed by atoms with Crippen molar-refractivity contribution in [3.05, 3.63) is 47.7 Å². The molecule has 1 aromatic carbocycles. The number of aryl methyl sites for hydroxylation is 2. The number of nitrogens with two attached hydrogens (primary N) is 1. The van der Waals surface area contributed by atoms with E-state index >= 15 is 0 Å². The topological polar surface area (TPSA) is 85.1 Å². The Bertz CT molecular complexity index is 691. The standard InChI is InChI=1S/C13H15N3O2S/c1-9-5-3-6-10(2)12(9)16-19(17,18)11-7-4-8-15-13(11)14/h3-8,16H,1-2H3,(H2,14,15). The zero-order valence-electron chi connectivity index (χ0n) is 10.7. The first-order valence-corrected chi connectivity index (χ1v) is 7.19. The Kier molecular flexibility index (Phi) is 3.44. The summed E-state index contributed by atoms with van der Waals surface area (Å²) < 4.78 is 27.2. The Morgan fingerprint density at radius 2 is 1.74 bits per heavy atom. The number of rotatable bonds is 3. The Morgan fingerprint density at radius 1 is 1.11 bits per heavy atom. The highest BCUT2D eigenvalue weighted by atomic mass is 32.2. The van der Waals surface area contributed by atoms with Crippen LogP contribution in [0.15, 0.2) is 41.4 Å². The molecule has 2 aromatic rings. The van der Waals surface area contributed by atoms with Gasteiger partial charge in [-0.05, 0) is 37.1 Å². The van der Waals surface area contributed by atoms with Crippen LogP contribution in [0.5, 0.6) is 0 Å². The van der Waals surface area contributed by atoms with Crippen LogP contribution >= 0.6 is 0 Å². The molecule has 0 aliphatic heterocycles. The minimum absolute atomic E-state index is 0.0127. The van der Waals surface area contributed by atoms with E-state index in [1.807, 2.05) is 32.0 Å².